The summed E-state index contributed by atoms with van der Waals surface area (Å²) in [5.41, 5.74) is 5.29. The molecule has 0 amide bonds. The monoisotopic (exact) mass is 161 g/mol. The van der Waals surface area contributed by atoms with Gasteiger partial charge in [0.2, 0.25) is 0 Å². The fourth-order valence-corrected chi connectivity index (χ4v) is 0.862. The Hall–Kier alpha value is -0.480. The summed E-state index contributed by atoms with van der Waals surface area (Å²) in [4.78, 5) is 9.94. The lowest BCUT2D eigenvalue weighted by atomic mass is 10.5. The van der Waals surface area contributed by atoms with E-state index in [9.17, 15) is 4.79 Å². The molecule has 0 aromatic rings. The van der Waals surface area contributed by atoms with Crippen LogP contribution >= 0.6 is 11.8 Å². The van der Waals surface area contributed by atoms with Crippen molar-refractivity contribution in [3.8, 4) is 0 Å². The summed E-state index contributed by atoms with van der Waals surface area (Å²) < 4.78 is 0. The molecular formula is C6H11NO2S. The quantitative estimate of drug-likeness (QED) is 0.595. The second-order valence-electron chi connectivity index (χ2n) is 1.82. The summed E-state index contributed by atoms with van der Waals surface area (Å²) in [5.74, 6) is -0.920. The molecule has 0 saturated carbocycles. The van der Waals surface area contributed by atoms with Crippen LogP contribution in [0.3, 0.4) is 0 Å². The largest absolute Gasteiger partial charge is 0.478 e. The van der Waals surface area contributed by atoms with E-state index in [1.54, 1.807) is 5.41 Å². The zero-order valence-corrected chi connectivity index (χ0v) is 6.60. The van der Waals surface area contributed by atoms with Crippen LogP contribution in [0.1, 0.15) is 6.92 Å². The molecule has 0 saturated heterocycles. The van der Waals surface area contributed by atoms with Crippen LogP contribution in [-0.2, 0) is 4.79 Å². The van der Waals surface area contributed by atoms with E-state index in [1.165, 1.54) is 11.8 Å². The van der Waals surface area contributed by atoms with E-state index in [2.05, 4.69) is 0 Å². The molecule has 0 aliphatic carbocycles. The highest BCUT2D eigenvalue weighted by atomic mass is 32.2. The van der Waals surface area contributed by atoms with Crippen molar-refractivity contribution in [3.05, 3.63) is 11.5 Å². The third kappa shape index (κ3) is 5.65. The number of thioether (sulfide) groups is 1. The highest BCUT2D eigenvalue weighted by Gasteiger charge is 1.94. The van der Waals surface area contributed by atoms with E-state index < -0.39 is 5.97 Å². The minimum absolute atomic E-state index is 0.288. The van der Waals surface area contributed by atoms with Crippen LogP contribution < -0.4 is 5.73 Å². The van der Waals surface area contributed by atoms with Gasteiger partial charge in [0, 0.05) is 17.9 Å². The van der Waals surface area contributed by atoms with Gasteiger partial charge in [-0.2, -0.15) is 0 Å². The average molecular weight is 161 g/mol. The highest BCUT2D eigenvalue weighted by Crippen LogP contribution is 2.09. The topological polar surface area (TPSA) is 63.3 Å². The standard InChI is InChI=1S/C6H11NO2S/c1-5(4-7)10-3-2-6(8)9/h2-3,5H,4,7H2,1H3,(H,8,9). The molecule has 4 heteroatoms. The van der Waals surface area contributed by atoms with Gasteiger partial charge in [0.25, 0.3) is 0 Å². The van der Waals surface area contributed by atoms with E-state index in [1.807, 2.05) is 6.92 Å². The maximum Gasteiger partial charge on any atom is 0.328 e. The minimum atomic E-state index is -0.920. The molecular weight excluding hydrogens is 150 g/mol. The predicted molar refractivity (Wildman–Crippen MR) is 42.9 cm³/mol. The molecule has 0 aromatic heterocycles. The van der Waals surface area contributed by atoms with Gasteiger partial charge in [-0.1, -0.05) is 6.92 Å². The van der Waals surface area contributed by atoms with Crippen molar-refractivity contribution in [3.63, 3.8) is 0 Å². The third-order valence-corrected chi connectivity index (χ3v) is 1.80. The van der Waals surface area contributed by atoms with E-state index in [4.69, 9.17) is 10.8 Å². The molecule has 0 aliphatic rings. The molecule has 0 fully saturated rings. The van der Waals surface area contributed by atoms with Crippen LogP contribution in [0.2, 0.25) is 0 Å². The first-order valence-corrected chi connectivity index (χ1v) is 3.86. The number of carboxylic acid groups (broad SMARTS) is 1. The van der Waals surface area contributed by atoms with Crippen LogP contribution in [0, 0.1) is 0 Å². The third-order valence-electron chi connectivity index (χ3n) is 0.853. The Morgan fingerprint density at radius 3 is 2.90 bits per heavy atom. The van der Waals surface area contributed by atoms with Crippen molar-refractivity contribution < 1.29 is 9.90 Å². The van der Waals surface area contributed by atoms with Gasteiger partial charge in [-0.05, 0) is 5.41 Å². The summed E-state index contributed by atoms with van der Waals surface area (Å²) in [6, 6.07) is 0. The van der Waals surface area contributed by atoms with Crippen molar-refractivity contribution in [2.45, 2.75) is 12.2 Å². The van der Waals surface area contributed by atoms with Crippen LogP contribution in [0.5, 0.6) is 0 Å². The van der Waals surface area contributed by atoms with Gasteiger partial charge in [0.15, 0.2) is 0 Å². The van der Waals surface area contributed by atoms with Crippen LogP contribution in [0.25, 0.3) is 0 Å². The fourth-order valence-electron chi connectivity index (χ4n) is 0.287. The lowest BCUT2D eigenvalue weighted by molar-refractivity contribution is -0.131. The Kier molecular flexibility index (Phi) is 5.06. The van der Waals surface area contributed by atoms with Gasteiger partial charge in [-0.3, -0.25) is 0 Å². The molecule has 3 N–H and O–H groups in total. The van der Waals surface area contributed by atoms with E-state index in [0.717, 1.165) is 6.08 Å². The van der Waals surface area contributed by atoms with Gasteiger partial charge in [-0.15, -0.1) is 11.8 Å². The lowest BCUT2D eigenvalue weighted by Gasteiger charge is -2.00. The Bertz CT molecular complexity index is 136. The molecule has 3 nitrogen and oxygen atoms in total. The molecule has 58 valence electrons. The van der Waals surface area contributed by atoms with Crippen LogP contribution in [-0.4, -0.2) is 22.9 Å². The molecule has 0 rings (SSSR count). The van der Waals surface area contributed by atoms with Gasteiger partial charge in [0.05, 0.1) is 0 Å². The fraction of sp³-hybridized carbons (Fsp3) is 0.500. The molecule has 0 spiro atoms. The Balaban J connectivity index is 3.43. The van der Waals surface area contributed by atoms with E-state index in [0.29, 0.717) is 6.54 Å². The summed E-state index contributed by atoms with van der Waals surface area (Å²) >= 11 is 1.42. The number of carbonyl (C=O) groups is 1. The summed E-state index contributed by atoms with van der Waals surface area (Å²) in [6.45, 7) is 2.51. The molecule has 0 bridgehead atoms. The first kappa shape index (κ1) is 9.52. The second kappa shape index (κ2) is 5.32. The van der Waals surface area contributed by atoms with Crippen molar-refractivity contribution in [1.82, 2.24) is 0 Å². The zero-order chi connectivity index (χ0) is 7.98. The molecule has 0 aromatic carbocycles. The SMILES string of the molecule is CC(CN)SC=CC(=O)O. The highest BCUT2D eigenvalue weighted by molar-refractivity contribution is 8.02. The number of carboxylic acids is 1. The average Bonchev–Trinajstić information content (AvgIpc) is 1.87. The van der Waals surface area contributed by atoms with Gasteiger partial charge in [-0.25, -0.2) is 4.79 Å². The number of nitrogens with two attached hydrogens (primary N) is 1. The normalized spacial score (nSPS) is 13.8. The molecule has 0 radical (unpaired) electrons. The Morgan fingerprint density at radius 2 is 2.50 bits per heavy atom. The molecule has 10 heavy (non-hydrogen) atoms. The number of hydrogen-bond acceptors (Lipinski definition) is 3. The summed E-state index contributed by atoms with van der Waals surface area (Å²) in [6.07, 6.45) is 1.11. The second-order valence-corrected chi connectivity index (χ2v) is 3.17. The van der Waals surface area contributed by atoms with Crippen molar-refractivity contribution >= 4 is 17.7 Å². The van der Waals surface area contributed by atoms with Crippen LogP contribution in [0.15, 0.2) is 11.5 Å². The molecule has 1 atom stereocenters. The van der Waals surface area contributed by atoms with Gasteiger partial charge >= 0.3 is 5.97 Å². The van der Waals surface area contributed by atoms with Gasteiger partial charge in [0.1, 0.15) is 0 Å². The first-order valence-electron chi connectivity index (χ1n) is 2.91. The number of aliphatic carboxylic acids is 1. The predicted octanol–water partition coefficient (Wildman–Crippen LogP) is 0.665. The molecule has 0 heterocycles. The smallest absolute Gasteiger partial charge is 0.328 e. The van der Waals surface area contributed by atoms with Crippen molar-refractivity contribution in [2.75, 3.05) is 6.54 Å². The number of rotatable bonds is 4. The first-order chi connectivity index (χ1) is 4.66. The Labute approximate surface area is 64.3 Å². The molecule has 1 unspecified atom stereocenters. The number of hydrogen-bond donors (Lipinski definition) is 2. The van der Waals surface area contributed by atoms with Gasteiger partial charge < -0.3 is 10.8 Å². The Morgan fingerprint density at radius 1 is 1.90 bits per heavy atom. The summed E-state index contributed by atoms with van der Waals surface area (Å²) in [7, 11) is 0. The molecule has 0 aliphatic heterocycles. The van der Waals surface area contributed by atoms with Crippen LogP contribution in [0.4, 0.5) is 0 Å². The van der Waals surface area contributed by atoms with Crippen molar-refractivity contribution in [1.29, 1.82) is 0 Å². The lowest BCUT2D eigenvalue weighted by Crippen LogP contribution is -2.11. The van der Waals surface area contributed by atoms with E-state index in [-0.39, 0.29) is 5.25 Å². The maximum atomic E-state index is 9.94. The van der Waals surface area contributed by atoms with Crippen molar-refractivity contribution in [2.24, 2.45) is 5.73 Å². The minimum Gasteiger partial charge on any atom is -0.478 e. The summed E-state index contributed by atoms with van der Waals surface area (Å²) in [5, 5.41) is 10.00. The van der Waals surface area contributed by atoms with E-state index >= 15 is 0 Å². The zero-order valence-electron chi connectivity index (χ0n) is 5.78. The maximum absolute atomic E-state index is 9.94.